The third-order valence-electron chi connectivity index (χ3n) is 17.6. The zero-order chi connectivity index (χ0) is 69.6. The Morgan fingerprint density at radius 1 is 0.400 bits per heavy atom. The van der Waals surface area contributed by atoms with Crippen molar-refractivity contribution in [3.8, 4) is 0 Å². The highest BCUT2D eigenvalue weighted by molar-refractivity contribution is 7.47. The van der Waals surface area contributed by atoms with E-state index in [1.807, 2.05) is 0 Å². The molecule has 3 fully saturated rings. The van der Waals surface area contributed by atoms with E-state index in [1.165, 1.54) is 103 Å². The van der Waals surface area contributed by atoms with Gasteiger partial charge in [-0.05, 0) is 96.3 Å². The number of aliphatic hydroxyl groups excluding tert-OH is 10. The van der Waals surface area contributed by atoms with Gasteiger partial charge in [-0.1, -0.05) is 179 Å². The van der Waals surface area contributed by atoms with Crippen LogP contribution in [0.5, 0.6) is 0 Å². The molecule has 1 saturated carbocycles. The molecule has 0 amide bonds. The van der Waals surface area contributed by atoms with E-state index >= 15 is 0 Å². The van der Waals surface area contributed by atoms with E-state index in [4.69, 9.17) is 42.2 Å². The highest BCUT2D eigenvalue weighted by Crippen LogP contribution is 2.49. The molecule has 25 heteroatoms. The van der Waals surface area contributed by atoms with Crippen LogP contribution in [0.4, 0.5) is 0 Å². The van der Waals surface area contributed by atoms with Crippen LogP contribution in [0.2, 0.25) is 0 Å². The normalized spacial score (nSPS) is 28.3. The van der Waals surface area contributed by atoms with Gasteiger partial charge in [0.1, 0.15) is 98.7 Å². The number of hydrogen-bond acceptors (Lipinski definition) is 23. The minimum atomic E-state index is -5.70. The number of unbranched alkanes of at least 4 members (excludes halogenated alkanes) is 28. The minimum absolute atomic E-state index is 0.00586. The second-order valence-corrected chi connectivity index (χ2v) is 27.3. The SMILES string of the molecule is CCCCCCCC/C=C\CCCCCC(=O)OCC(COP(=O)(O)OC1C(OC2OC(CO)C(O)C(O)C2O)C(O)C(O)C(O)C1OC1OC(COC(=O)CCCCC/C=C\CCCCCCCC)C(O)C(O)C1O)OC(=O)CCCCC/C=C\CCCCCCCCC. The van der Waals surface area contributed by atoms with Crippen molar-refractivity contribution in [2.75, 3.05) is 26.4 Å². The monoisotopic (exact) mass is 1380 g/mol. The summed E-state index contributed by atoms with van der Waals surface area (Å²) in [6, 6.07) is 0. The van der Waals surface area contributed by atoms with Crippen LogP contribution in [0.1, 0.15) is 258 Å². The maximum atomic E-state index is 14.3. The van der Waals surface area contributed by atoms with Gasteiger partial charge in [0, 0.05) is 19.3 Å². The summed E-state index contributed by atoms with van der Waals surface area (Å²) in [6.45, 7) is 3.35. The average Bonchev–Trinajstić information content (AvgIpc) is 0.765. The van der Waals surface area contributed by atoms with Crippen LogP contribution in [0, 0.1) is 0 Å². The molecule has 2 heterocycles. The van der Waals surface area contributed by atoms with Crippen LogP contribution in [0.3, 0.4) is 0 Å². The van der Waals surface area contributed by atoms with E-state index < -0.39 is 156 Å². The number of esters is 3. The standard InChI is InChI=1S/C70H125O24P/c1-4-7-10-13-16-19-22-25-28-31-34-37-40-43-46-56(74)89-51(48-86-54(72)44-41-38-35-32-29-26-23-20-17-14-11-8-5-2)49-88-95(84,85)94-68-66(92-69-64(82)59(77)57(75)52(47-71)90-69)62(80)61(79)63(81)67(68)93-70-65(83)60(78)58(76)53(91-70)50-87-55(73)45-42-39-36-33-30-27-24-21-18-15-12-9-6-3/h26-31,51-53,57-71,75-83H,4-25,32-50H2,1-3H3,(H,84,85)/b29-26-,30-27-,31-28-. The van der Waals surface area contributed by atoms with Crippen LogP contribution in [-0.2, 0) is 61.2 Å². The number of aliphatic hydroxyl groups is 10. The van der Waals surface area contributed by atoms with Crippen molar-refractivity contribution in [1.82, 2.24) is 0 Å². The molecule has 0 radical (unpaired) electrons. The number of rotatable bonds is 55. The third-order valence-corrected chi connectivity index (χ3v) is 18.6. The number of phosphoric ester groups is 1. The van der Waals surface area contributed by atoms with E-state index in [0.29, 0.717) is 25.7 Å². The van der Waals surface area contributed by atoms with Crippen molar-refractivity contribution in [1.29, 1.82) is 0 Å². The number of carbonyl (C=O) groups is 3. The van der Waals surface area contributed by atoms with Crippen molar-refractivity contribution in [3.63, 3.8) is 0 Å². The van der Waals surface area contributed by atoms with Gasteiger partial charge in [-0.25, -0.2) is 4.57 Å². The molecule has 18 atom stereocenters. The molecule has 1 aliphatic carbocycles. The summed E-state index contributed by atoms with van der Waals surface area (Å²) < 4.78 is 64.8. The number of carbonyl (C=O) groups excluding carboxylic acids is 3. The lowest BCUT2D eigenvalue weighted by atomic mass is 9.84. The number of hydrogen-bond donors (Lipinski definition) is 11. The summed E-state index contributed by atoms with van der Waals surface area (Å²) >= 11 is 0. The Balaban J connectivity index is 1.77. The molecule has 3 aliphatic rings. The van der Waals surface area contributed by atoms with Gasteiger partial charge in [-0.3, -0.25) is 23.4 Å². The second kappa shape index (κ2) is 52.2. The fourth-order valence-corrected chi connectivity index (χ4v) is 12.6. The molecular formula is C70H125O24P. The lowest BCUT2D eigenvalue weighted by Crippen LogP contribution is -2.69. The minimum Gasteiger partial charge on any atom is -0.463 e. The molecule has 0 spiro atoms. The topological polar surface area (TPSA) is 374 Å². The molecule has 0 aromatic rings. The summed E-state index contributed by atoms with van der Waals surface area (Å²) in [5.41, 5.74) is 0. The summed E-state index contributed by atoms with van der Waals surface area (Å²) in [4.78, 5) is 50.8. The maximum Gasteiger partial charge on any atom is 0.472 e. The highest BCUT2D eigenvalue weighted by atomic mass is 31.2. The predicted molar refractivity (Wildman–Crippen MR) is 356 cm³/mol. The van der Waals surface area contributed by atoms with Gasteiger partial charge in [-0.2, -0.15) is 0 Å². The Bertz CT molecular complexity index is 2120. The van der Waals surface area contributed by atoms with Crippen molar-refractivity contribution >= 4 is 25.7 Å². The van der Waals surface area contributed by atoms with Crippen LogP contribution in [0.25, 0.3) is 0 Å². The average molecular weight is 1380 g/mol. The molecule has 18 unspecified atom stereocenters. The van der Waals surface area contributed by atoms with Gasteiger partial charge >= 0.3 is 25.7 Å². The summed E-state index contributed by atoms with van der Waals surface area (Å²) in [5, 5.41) is 110. The zero-order valence-electron chi connectivity index (χ0n) is 57.4. The third kappa shape index (κ3) is 35.9. The molecule has 554 valence electrons. The fourth-order valence-electron chi connectivity index (χ4n) is 11.6. The Labute approximate surface area is 566 Å². The van der Waals surface area contributed by atoms with Crippen molar-refractivity contribution in [2.24, 2.45) is 0 Å². The van der Waals surface area contributed by atoms with Crippen molar-refractivity contribution < 1.29 is 117 Å². The van der Waals surface area contributed by atoms with Gasteiger partial charge in [0.25, 0.3) is 0 Å². The molecule has 0 aromatic heterocycles. The van der Waals surface area contributed by atoms with Gasteiger partial charge in [0.2, 0.25) is 0 Å². The number of phosphoric acid groups is 1. The summed E-state index contributed by atoms with van der Waals surface area (Å²) in [6.07, 6.45) is 12.4. The van der Waals surface area contributed by atoms with Crippen molar-refractivity contribution in [2.45, 2.75) is 362 Å². The molecule has 0 bridgehead atoms. The van der Waals surface area contributed by atoms with Gasteiger partial charge in [-0.15, -0.1) is 0 Å². The van der Waals surface area contributed by atoms with E-state index in [2.05, 4.69) is 57.2 Å². The molecule has 2 saturated heterocycles. The first-order valence-electron chi connectivity index (χ1n) is 36.3. The van der Waals surface area contributed by atoms with Gasteiger partial charge < -0.3 is 89.1 Å². The fraction of sp³-hybridized carbons (Fsp3) is 0.871. The number of ether oxygens (including phenoxy) is 7. The molecule has 95 heavy (non-hydrogen) atoms. The Kier molecular flexibility index (Phi) is 47.5. The van der Waals surface area contributed by atoms with E-state index in [1.54, 1.807) is 0 Å². The zero-order valence-corrected chi connectivity index (χ0v) is 58.3. The van der Waals surface area contributed by atoms with Crippen LogP contribution in [0.15, 0.2) is 36.5 Å². The molecular weight excluding hydrogens is 1260 g/mol. The van der Waals surface area contributed by atoms with Gasteiger partial charge in [0.05, 0.1) is 13.2 Å². The molecule has 0 aromatic carbocycles. The van der Waals surface area contributed by atoms with Crippen molar-refractivity contribution in [3.05, 3.63) is 36.5 Å². The first kappa shape index (κ1) is 86.4. The van der Waals surface area contributed by atoms with E-state index in [9.17, 15) is 74.9 Å². The molecule has 24 nitrogen and oxygen atoms in total. The Hall–Kier alpha value is -2.82. The Morgan fingerprint density at radius 2 is 0.737 bits per heavy atom. The van der Waals surface area contributed by atoms with Crippen LogP contribution in [-0.4, -0.2) is 204 Å². The van der Waals surface area contributed by atoms with E-state index in [0.717, 1.165) is 89.9 Å². The van der Waals surface area contributed by atoms with Crippen LogP contribution >= 0.6 is 7.82 Å². The largest absolute Gasteiger partial charge is 0.472 e. The molecule has 2 aliphatic heterocycles. The number of allylic oxidation sites excluding steroid dienone is 6. The highest BCUT2D eigenvalue weighted by Gasteiger charge is 2.58. The predicted octanol–water partition coefficient (Wildman–Crippen LogP) is 9.12. The first-order chi connectivity index (χ1) is 45.8. The first-order valence-corrected chi connectivity index (χ1v) is 37.8. The second-order valence-electron chi connectivity index (χ2n) is 25.9. The lowest BCUT2D eigenvalue weighted by molar-refractivity contribution is -0.360. The lowest BCUT2D eigenvalue weighted by Gasteiger charge is -2.49. The van der Waals surface area contributed by atoms with E-state index in [-0.39, 0.29) is 19.3 Å². The van der Waals surface area contributed by atoms with Crippen LogP contribution < -0.4 is 0 Å². The molecule has 3 rings (SSSR count). The quantitative estimate of drug-likeness (QED) is 0.00888. The maximum absolute atomic E-state index is 14.3. The molecule has 11 N–H and O–H groups in total. The Morgan fingerprint density at radius 3 is 1.14 bits per heavy atom. The smallest absolute Gasteiger partial charge is 0.463 e. The summed E-state index contributed by atoms with van der Waals surface area (Å²) in [5.74, 6) is -2.05. The van der Waals surface area contributed by atoms with Gasteiger partial charge in [0.15, 0.2) is 18.7 Å². The summed E-state index contributed by atoms with van der Waals surface area (Å²) in [7, 11) is -5.70.